The van der Waals surface area contributed by atoms with Gasteiger partial charge in [-0.25, -0.2) is 0 Å². The molecule has 0 unspecified atom stereocenters. The van der Waals surface area contributed by atoms with Crippen molar-refractivity contribution in [1.29, 1.82) is 0 Å². The number of benzene rings is 2. The van der Waals surface area contributed by atoms with Crippen molar-refractivity contribution in [2.24, 2.45) is 0 Å². The molecule has 0 bridgehead atoms. The zero-order valence-electron chi connectivity index (χ0n) is 10.3. The molecular formula is C16H5Br3O2. The van der Waals surface area contributed by atoms with Crippen molar-refractivity contribution < 1.29 is 9.59 Å². The van der Waals surface area contributed by atoms with E-state index in [1.54, 1.807) is 12.1 Å². The Balaban J connectivity index is 2.26. The van der Waals surface area contributed by atoms with Gasteiger partial charge in [0.05, 0.1) is 4.48 Å². The number of Topliss-reactive ketones (excluding diaryl/α,β-unsaturated/α-hetero) is 1. The van der Waals surface area contributed by atoms with Crippen molar-refractivity contribution >= 4 is 79.1 Å². The van der Waals surface area contributed by atoms with Crippen LogP contribution in [0.15, 0.2) is 34.8 Å². The van der Waals surface area contributed by atoms with Crippen molar-refractivity contribution in [2.45, 2.75) is 0 Å². The highest BCUT2D eigenvalue weighted by molar-refractivity contribution is 9.18. The maximum atomic E-state index is 12.5. The first kappa shape index (κ1) is 13.6. The van der Waals surface area contributed by atoms with Gasteiger partial charge in [-0.05, 0) is 76.4 Å². The van der Waals surface area contributed by atoms with Crippen LogP contribution in [0.1, 0.15) is 31.8 Å². The summed E-state index contributed by atoms with van der Waals surface area (Å²) in [6.45, 7) is 0. The van der Waals surface area contributed by atoms with Gasteiger partial charge in [-0.15, -0.1) is 0 Å². The second-order valence-corrected chi connectivity index (χ2v) is 7.33. The van der Waals surface area contributed by atoms with Crippen LogP contribution in [-0.4, -0.2) is 11.6 Å². The van der Waals surface area contributed by atoms with Crippen molar-refractivity contribution in [1.82, 2.24) is 0 Å². The lowest BCUT2D eigenvalue weighted by Crippen LogP contribution is -2.00. The number of rotatable bonds is 0. The Kier molecular flexibility index (Phi) is 2.90. The first-order valence-corrected chi connectivity index (χ1v) is 8.50. The molecule has 0 N–H and O–H groups in total. The maximum Gasteiger partial charge on any atom is 0.200 e. The molecule has 0 radical (unpaired) electrons. The third-order valence-corrected chi connectivity index (χ3v) is 6.58. The molecule has 0 spiro atoms. The highest BCUT2D eigenvalue weighted by Gasteiger charge is 2.29. The normalized spacial score (nSPS) is 16.6. The van der Waals surface area contributed by atoms with Crippen LogP contribution in [0.3, 0.4) is 0 Å². The van der Waals surface area contributed by atoms with Gasteiger partial charge in [0, 0.05) is 31.6 Å². The minimum Gasteiger partial charge on any atom is -0.289 e. The summed E-state index contributed by atoms with van der Waals surface area (Å²) in [6.07, 6.45) is 1.35. The average molecular weight is 469 g/mol. The molecule has 4 rings (SSSR count). The van der Waals surface area contributed by atoms with Gasteiger partial charge in [-0.3, -0.25) is 9.59 Å². The van der Waals surface area contributed by atoms with Crippen LogP contribution < -0.4 is 0 Å². The molecule has 2 nitrogen and oxygen atoms in total. The quantitative estimate of drug-likeness (QED) is 0.517. The largest absolute Gasteiger partial charge is 0.289 e. The lowest BCUT2D eigenvalue weighted by molar-refractivity contribution is 0.102. The van der Waals surface area contributed by atoms with Gasteiger partial charge in [0.25, 0.3) is 0 Å². The van der Waals surface area contributed by atoms with Crippen LogP contribution in [-0.2, 0) is 0 Å². The molecule has 5 heteroatoms. The number of carbonyl (C=O) groups is 2. The third-order valence-electron chi connectivity index (χ3n) is 3.81. The molecule has 0 fully saturated rings. The fraction of sp³-hybridized carbons (Fsp3) is 0. The average Bonchev–Trinajstić information content (AvgIpc) is 2.68. The minimum absolute atomic E-state index is 0.156. The molecule has 2 aliphatic rings. The summed E-state index contributed by atoms with van der Waals surface area (Å²) in [5.74, 6) is -0.318. The van der Waals surface area contributed by atoms with E-state index >= 15 is 0 Å². The number of halogens is 3. The zero-order valence-corrected chi connectivity index (χ0v) is 15.1. The Labute approximate surface area is 145 Å². The van der Waals surface area contributed by atoms with Crippen molar-refractivity contribution in [3.8, 4) is 0 Å². The molecule has 2 aromatic rings. The van der Waals surface area contributed by atoms with E-state index in [2.05, 4.69) is 47.8 Å². The summed E-state index contributed by atoms with van der Waals surface area (Å²) in [7, 11) is 0. The molecule has 2 aliphatic carbocycles. The van der Waals surface area contributed by atoms with Gasteiger partial charge in [0.2, 0.25) is 5.78 Å². The summed E-state index contributed by atoms with van der Waals surface area (Å²) in [6, 6.07) is 7.40. The van der Waals surface area contributed by atoms with E-state index in [4.69, 9.17) is 0 Å². The lowest BCUT2D eigenvalue weighted by Gasteiger charge is -2.09. The zero-order chi connectivity index (χ0) is 14.9. The number of carbonyl (C=O) groups excluding carboxylic acids is 2. The molecule has 0 atom stereocenters. The molecule has 0 amide bonds. The molecule has 0 saturated carbocycles. The van der Waals surface area contributed by atoms with Crippen molar-refractivity contribution in [3.05, 3.63) is 57.1 Å². The van der Waals surface area contributed by atoms with Crippen molar-refractivity contribution in [3.63, 3.8) is 0 Å². The van der Waals surface area contributed by atoms with Gasteiger partial charge < -0.3 is 0 Å². The standard InChI is InChI=1S/C16H5Br3O2/c17-10-5-11(20)6-1-2-7-13-8(15(19)14(7)18)3-4-9(12(6)13)16(10)21/h1-5H. The minimum atomic E-state index is -0.162. The number of allylic oxidation sites excluding steroid dienone is 2. The van der Waals surface area contributed by atoms with Crippen LogP contribution in [0, 0.1) is 0 Å². The van der Waals surface area contributed by atoms with Crippen LogP contribution >= 0.6 is 47.8 Å². The maximum absolute atomic E-state index is 12.5. The monoisotopic (exact) mass is 466 g/mol. The third kappa shape index (κ3) is 1.68. The smallest absolute Gasteiger partial charge is 0.200 e. The summed E-state index contributed by atoms with van der Waals surface area (Å²) in [5.41, 5.74) is 3.12. The van der Waals surface area contributed by atoms with Crippen LogP contribution in [0.2, 0.25) is 0 Å². The van der Waals surface area contributed by atoms with Gasteiger partial charge >= 0.3 is 0 Å². The SMILES string of the molecule is O=C1C=C(Br)C(=O)c2ccc3c4c(ccc1c24)C(Br)=C3Br. The van der Waals surface area contributed by atoms with Crippen molar-refractivity contribution in [2.75, 3.05) is 0 Å². The van der Waals surface area contributed by atoms with E-state index in [0.717, 1.165) is 30.9 Å². The van der Waals surface area contributed by atoms with Gasteiger partial charge in [-0.2, -0.15) is 0 Å². The number of hydrogen-bond acceptors (Lipinski definition) is 2. The summed E-state index contributed by atoms with van der Waals surface area (Å²) in [4.78, 5) is 24.8. The Bertz CT molecular complexity index is 933. The van der Waals surface area contributed by atoms with Gasteiger partial charge in [0.15, 0.2) is 5.78 Å². The molecule has 0 heterocycles. The fourth-order valence-corrected chi connectivity index (χ4v) is 4.39. The van der Waals surface area contributed by atoms with Gasteiger partial charge in [-0.1, -0.05) is 12.1 Å². The Hall–Kier alpha value is -1.04. The van der Waals surface area contributed by atoms with Crippen LogP contribution in [0.5, 0.6) is 0 Å². The predicted octanol–water partition coefficient (Wildman–Crippen LogP) is 5.43. The van der Waals surface area contributed by atoms with E-state index in [-0.39, 0.29) is 11.6 Å². The van der Waals surface area contributed by atoms with Crippen LogP contribution in [0.4, 0.5) is 0 Å². The molecule has 0 aliphatic heterocycles. The van der Waals surface area contributed by atoms with Gasteiger partial charge in [0.1, 0.15) is 0 Å². The summed E-state index contributed by atoms with van der Waals surface area (Å²) in [5, 5.41) is 1.68. The molecular weight excluding hydrogens is 464 g/mol. The Morgan fingerprint density at radius 2 is 1.14 bits per heavy atom. The van der Waals surface area contributed by atoms with E-state index in [1.807, 2.05) is 12.1 Å². The first-order chi connectivity index (χ1) is 10.0. The molecule has 0 aromatic heterocycles. The first-order valence-electron chi connectivity index (χ1n) is 6.12. The molecule has 21 heavy (non-hydrogen) atoms. The predicted molar refractivity (Wildman–Crippen MR) is 94.3 cm³/mol. The molecule has 0 saturated heterocycles. The second kappa shape index (κ2) is 4.48. The van der Waals surface area contributed by atoms with Crippen LogP contribution in [0.25, 0.3) is 19.7 Å². The Morgan fingerprint density at radius 3 is 1.76 bits per heavy atom. The summed E-state index contributed by atoms with van der Waals surface area (Å²) < 4.78 is 2.18. The van der Waals surface area contributed by atoms with E-state index in [0.29, 0.717) is 15.6 Å². The molecule has 102 valence electrons. The topological polar surface area (TPSA) is 34.1 Å². The fourth-order valence-electron chi connectivity index (χ4n) is 2.88. The van der Waals surface area contributed by atoms with E-state index < -0.39 is 0 Å². The second-order valence-electron chi connectivity index (χ2n) is 4.88. The number of hydrogen-bond donors (Lipinski definition) is 0. The highest BCUT2D eigenvalue weighted by Crippen LogP contribution is 2.49. The Morgan fingerprint density at radius 1 is 0.667 bits per heavy atom. The van der Waals surface area contributed by atoms with E-state index in [9.17, 15) is 9.59 Å². The highest BCUT2D eigenvalue weighted by atomic mass is 79.9. The summed E-state index contributed by atoms with van der Waals surface area (Å²) >= 11 is 10.3. The number of ketones is 2. The van der Waals surface area contributed by atoms with E-state index in [1.165, 1.54) is 6.08 Å². The lowest BCUT2D eigenvalue weighted by atomic mass is 9.93. The molecule has 2 aromatic carbocycles.